The molecule has 1 unspecified atom stereocenters. The lowest BCUT2D eigenvalue weighted by Crippen LogP contribution is -2.47. The summed E-state index contributed by atoms with van der Waals surface area (Å²) in [7, 11) is 0. The summed E-state index contributed by atoms with van der Waals surface area (Å²) >= 11 is 1.98. The summed E-state index contributed by atoms with van der Waals surface area (Å²) in [6.45, 7) is 6.07. The number of nitrogens with zero attached hydrogens (tertiary/aromatic N) is 1. The molecule has 3 nitrogen and oxygen atoms in total. The van der Waals surface area contributed by atoms with Crippen molar-refractivity contribution in [3.8, 4) is 0 Å². The fraction of sp³-hybridized carbons (Fsp3) is 0.909. The molecule has 0 radical (unpaired) electrons. The van der Waals surface area contributed by atoms with E-state index in [9.17, 15) is 4.79 Å². The third kappa shape index (κ3) is 2.88. The summed E-state index contributed by atoms with van der Waals surface area (Å²) in [5.74, 6) is 1.73. The Hall–Kier alpha value is -0.220. The maximum absolute atomic E-state index is 12.2. The van der Waals surface area contributed by atoms with Gasteiger partial charge in [-0.05, 0) is 19.4 Å². The predicted octanol–water partition coefficient (Wildman–Crippen LogP) is 0.950. The van der Waals surface area contributed by atoms with Gasteiger partial charge in [0.25, 0.3) is 0 Å². The van der Waals surface area contributed by atoms with Crippen LogP contribution >= 0.6 is 11.8 Å². The van der Waals surface area contributed by atoms with Crippen molar-refractivity contribution >= 4 is 17.7 Å². The summed E-state index contributed by atoms with van der Waals surface area (Å²) in [6, 6.07) is 0. The molecule has 0 aromatic carbocycles. The molecule has 2 rings (SSSR count). The summed E-state index contributed by atoms with van der Waals surface area (Å²) in [5, 5.41) is 3.92. The molecule has 0 aromatic rings. The minimum Gasteiger partial charge on any atom is -0.340 e. The van der Waals surface area contributed by atoms with E-state index in [4.69, 9.17) is 0 Å². The summed E-state index contributed by atoms with van der Waals surface area (Å²) in [5.41, 5.74) is 0. The first-order valence-electron chi connectivity index (χ1n) is 5.88. The second kappa shape index (κ2) is 5.21. The Balaban J connectivity index is 1.88. The molecule has 2 atom stereocenters. The average molecular weight is 228 g/mol. The third-order valence-electron chi connectivity index (χ3n) is 3.20. The van der Waals surface area contributed by atoms with Gasteiger partial charge in [-0.2, -0.15) is 11.8 Å². The number of amides is 1. The zero-order chi connectivity index (χ0) is 10.7. The van der Waals surface area contributed by atoms with E-state index in [2.05, 4.69) is 17.1 Å². The number of carbonyl (C=O) groups is 1. The number of nitrogens with one attached hydrogen (secondary N) is 1. The minimum absolute atomic E-state index is 0.244. The Labute approximate surface area is 96.0 Å². The van der Waals surface area contributed by atoms with Gasteiger partial charge in [0.05, 0.1) is 5.92 Å². The van der Waals surface area contributed by atoms with Crippen LogP contribution in [0.4, 0.5) is 0 Å². The van der Waals surface area contributed by atoms with E-state index in [1.165, 1.54) is 0 Å². The van der Waals surface area contributed by atoms with Gasteiger partial charge < -0.3 is 10.2 Å². The molecule has 0 spiro atoms. The number of thioether (sulfide) groups is 1. The smallest absolute Gasteiger partial charge is 0.227 e. The van der Waals surface area contributed by atoms with Gasteiger partial charge in [0.15, 0.2) is 0 Å². The van der Waals surface area contributed by atoms with E-state index in [1.807, 2.05) is 11.8 Å². The van der Waals surface area contributed by atoms with Crippen molar-refractivity contribution < 1.29 is 4.79 Å². The molecule has 86 valence electrons. The predicted molar refractivity (Wildman–Crippen MR) is 64.1 cm³/mol. The number of hydrogen-bond acceptors (Lipinski definition) is 3. The van der Waals surface area contributed by atoms with Crippen LogP contribution in [0.2, 0.25) is 0 Å². The number of piperidine rings is 1. The van der Waals surface area contributed by atoms with Crippen LogP contribution < -0.4 is 5.32 Å². The first-order valence-corrected chi connectivity index (χ1v) is 6.93. The molecule has 0 aromatic heterocycles. The van der Waals surface area contributed by atoms with Crippen molar-refractivity contribution in [2.75, 3.05) is 31.9 Å². The van der Waals surface area contributed by atoms with E-state index in [-0.39, 0.29) is 5.92 Å². The Kier molecular flexibility index (Phi) is 3.92. The highest BCUT2D eigenvalue weighted by molar-refractivity contribution is 7.99. The molecule has 1 N–H and O–H groups in total. The first-order chi connectivity index (χ1) is 7.27. The van der Waals surface area contributed by atoms with Crippen LogP contribution in [0.25, 0.3) is 0 Å². The Morgan fingerprint density at radius 2 is 2.40 bits per heavy atom. The van der Waals surface area contributed by atoms with Crippen LogP contribution in [0.3, 0.4) is 0 Å². The van der Waals surface area contributed by atoms with Gasteiger partial charge in [-0.15, -0.1) is 0 Å². The lowest BCUT2D eigenvalue weighted by Gasteiger charge is -2.34. The number of carbonyl (C=O) groups excluding carboxylic acids is 1. The summed E-state index contributed by atoms with van der Waals surface area (Å²) < 4.78 is 0. The lowest BCUT2D eigenvalue weighted by atomic mass is 9.98. The SMILES string of the molecule is CC1CN(C(=O)[C@@H]2CCCNC2)CCS1. The van der Waals surface area contributed by atoms with Crippen molar-refractivity contribution in [1.82, 2.24) is 10.2 Å². The average Bonchev–Trinajstić information content (AvgIpc) is 2.29. The van der Waals surface area contributed by atoms with Gasteiger partial charge >= 0.3 is 0 Å². The molecule has 2 aliphatic rings. The van der Waals surface area contributed by atoms with E-state index >= 15 is 0 Å². The van der Waals surface area contributed by atoms with E-state index in [0.717, 1.165) is 44.8 Å². The molecule has 0 aliphatic carbocycles. The van der Waals surface area contributed by atoms with E-state index in [1.54, 1.807) is 0 Å². The van der Waals surface area contributed by atoms with Crippen molar-refractivity contribution in [3.63, 3.8) is 0 Å². The summed E-state index contributed by atoms with van der Waals surface area (Å²) in [4.78, 5) is 14.2. The molecular weight excluding hydrogens is 208 g/mol. The first kappa shape index (κ1) is 11.3. The lowest BCUT2D eigenvalue weighted by molar-refractivity contribution is -0.135. The Bertz CT molecular complexity index is 229. The van der Waals surface area contributed by atoms with Gasteiger partial charge in [-0.25, -0.2) is 0 Å². The van der Waals surface area contributed by atoms with Crippen molar-refractivity contribution in [2.45, 2.75) is 25.0 Å². The van der Waals surface area contributed by atoms with Crippen LogP contribution in [-0.2, 0) is 4.79 Å². The van der Waals surface area contributed by atoms with Crippen molar-refractivity contribution in [1.29, 1.82) is 0 Å². The molecule has 2 aliphatic heterocycles. The molecule has 15 heavy (non-hydrogen) atoms. The fourth-order valence-corrected chi connectivity index (χ4v) is 3.35. The monoisotopic (exact) mass is 228 g/mol. The largest absolute Gasteiger partial charge is 0.340 e. The molecule has 2 fully saturated rings. The van der Waals surface area contributed by atoms with E-state index < -0.39 is 0 Å². The normalized spacial score (nSPS) is 32.7. The van der Waals surface area contributed by atoms with Gasteiger partial charge in [0.2, 0.25) is 5.91 Å². The molecule has 0 saturated carbocycles. The van der Waals surface area contributed by atoms with Crippen LogP contribution in [-0.4, -0.2) is 48.0 Å². The summed E-state index contributed by atoms with van der Waals surface area (Å²) in [6.07, 6.45) is 2.22. The van der Waals surface area contributed by atoms with Crippen molar-refractivity contribution in [2.24, 2.45) is 5.92 Å². The Morgan fingerprint density at radius 3 is 3.07 bits per heavy atom. The highest BCUT2D eigenvalue weighted by Gasteiger charge is 2.28. The second-order valence-electron chi connectivity index (χ2n) is 4.51. The Morgan fingerprint density at radius 1 is 1.53 bits per heavy atom. The fourth-order valence-electron chi connectivity index (χ4n) is 2.34. The van der Waals surface area contributed by atoms with Crippen LogP contribution in [0, 0.1) is 5.92 Å². The number of rotatable bonds is 1. The maximum atomic E-state index is 12.2. The van der Waals surface area contributed by atoms with Gasteiger partial charge in [0.1, 0.15) is 0 Å². The molecule has 2 heterocycles. The van der Waals surface area contributed by atoms with Gasteiger partial charge in [-0.3, -0.25) is 4.79 Å². The molecule has 2 saturated heterocycles. The third-order valence-corrected chi connectivity index (χ3v) is 4.34. The molecule has 0 bridgehead atoms. The molecule has 4 heteroatoms. The van der Waals surface area contributed by atoms with Crippen LogP contribution in [0.5, 0.6) is 0 Å². The van der Waals surface area contributed by atoms with Crippen molar-refractivity contribution in [3.05, 3.63) is 0 Å². The quantitative estimate of drug-likeness (QED) is 0.725. The van der Waals surface area contributed by atoms with Gasteiger partial charge in [-0.1, -0.05) is 6.92 Å². The number of hydrogen-bond donors (Lipinski definition) is 1. The standard InChI is InChI=1S/C11H20N2OS/c1-9-8-13(5-6-15-9)11(14)10-3-2-4-12-7-10/h9-10,12H,2-8H2,1H3/t9?,10-/m1/s1. The maximum Gasteiger partial charge on any atom is 0.227 e. The highest BCUT2D eigenvalue weighted by Crippen LogP contribution is 2.21. The highest BCUT2D eigenvalue weighted by atomic mass is 32.2. The minimum atomic E-state index is 0.244. The van der Waals surface area contributed by atoms with E-state index in [0.29, 0.717) is 11.2 Å². The van der Waals surface area contributed by atoms with Crippen LogP contribution in [0.15, 0.2) is 0 Å². The second-order valence-corrected chi connectivity index (χ2v) is 6.06. The zero-order valence-corrected chi connectivity index (χ0v) is 10.2. The van der Waals surface area contributed by atoms with Crippen LogP contribution in [0.1, 0.15) is 19.8 Å². The molecule has 1 amide bonds. The zero-order valence-electron chi connectivity index (χ0n) is 9.37. The van der Waals surface area contributed by atoms with Gasteiger partial charge in [0, 0.05) is 30.6 Å². The molecular formula is C11H20N2OS. The topological polar surface area (TPSA) is 32.3 Å².